The highest BCUT2D eigenvalue weighted by atomic mass is 35.5. The Hall–Kier alpha value is -12.2. The van der Waals surface area contributed by atoms with E-state index in [1.807, 2.05) is 24.3 Å². The summed E-state index contributed by atoms with van der Waals surface area (Å²) in [4.78, 5) is 20.1. The van der Waals surface area contributed by atoms with Crippen molar-refractivity contribution >= 4 is 69.6 Å². The predicted octanol–water partition coefficient (Wildman–Crippen LogP) is 28.3. The first-order chi connectivity index (χ1) is 61.9. The topological polar surface area (TPSA) is 131 Å². The third-order valence-electron chi connectivity index (χ3n) is 23.8. The number of aromatic amines is 2. The van der Waals surface area contributed by atoms with Crippen molar-refractivity contribution < 1.29 is 37.9 Å². The van der Waals surface area contributed by atoms with Crippen LogP contribution in [0.15, 0.2) is 206 Å². The highest BCUT2D eigenvalue weighted by Gasteiger charge is 2.30. The zero-order valence-corrected chi connectivity index (χ0v) is 75.3. The van der Waals surface area contributed by atoms with Crippen molar-refractivity contribution in [2.45, 2.75) is 158 Å². The molecule has 17 rings (SSSR count). The molecule has 13 aromatic rings. The second kappa shape index (κ2) is 40.0. The Morgan fingerprint density at radius 3 is 0.587 bits per heavy atom. The lowest BCUT2D eigenvalue weighted by Gasteiger charge is -2.23. The molecule has 0 radical (unpaired) electrons. The summed E-state index contributed by atoms with van der Waals surface area (Å²) >= 11 is 13.8. The zero-order chi connectivity index (χ0) is 86.6. The largest absolute Gasteiger partial charge is 0.493 e. The molecule has 642 valence electrons. The summed E-state index contributed by atoms with van der Waals surface area (Å²) in [6.45, 7) is 21.8. The van der Waals surface area contributed by atoms with Crippen molar-refractivity contribution in [2.75, 3.05) is 52.9 Å². The van der Waals surface area contributed by atoms with Crippen LogP contribution in [0.4, 0.5) is 0 Å². The molecule has 0 saturated carbocycles. The molecule has 0 unspecified atom stereocenters. The Morgan fingerprint density at radius 1 is 0.222 bits per heavy atom. The number of aromatic nitrogens is 4. The van der Waals surface area contributed by atoms with E-state index in [0.717, 1.165) is 276 Å². The van der Waals surface area contributed by atoms with Gasteiger partial charge in [0.1, 0.15) is 46.0 Å². The Kier molecular flexibility index (Phi) is 27.3. The zero-order valence-electron chi connectivity index (χ0n) is 73.8. The first-order valence-corrected chi connectivity index (χ1v) is 46.3. The number of benzene rings is 10. The number of hydrogen-bond donors (Lipinski definition) is 2. The third-order valence-corrected chi connectivity index (χ3v) is 24.3. The van der Waals surface area contributed by atoms with E-state index in [2.05, 4.69) is 272 Å². The Balaban J connectivity index is 0.941. The molecule has 0 spiro atoms. The van der Waals surface area contributed by atoms with Gasteiger partial charge in [-0.25, -0.2) is 9.97 Å². The van der Waals surface area contributed by atoms with Crippen molar-refractivity contribution in [2.24, 2.45) is 0 Å². The van der Waals surface area contributed by atoms with E-state index < -0.39 is 0 Å². The Labute approximate surface area is 752 Å². The van der Waals surface area contributed by atoms with Gasteiger partial charge in [0.25, 0.3) is 0 Å². The monoisotopic (exact) mass is 1710 g/mol. The number of rotatable bonds is 28. The van der Waals surface area contributed by atoms with E-state index in [0.29, 0.717) is 114 Å². The molecule has 2 aliphatic carbocycles. The van der Waals surface area contributed by atoms with E-state index in [-0.39, 0.29) is 0 Å². The van der Waals surface area contributed by atoms with Gasteiger partial charge in [-0.05, 0) is 260 Å². The van der Waals surface area contributed by atoms with Crippen molar-refractivity contribution in [3.8, 4) is 90.5 Å². The molecule has 2 N–H and O–H groups in total. The van der Waals surface area contributed by atoms with E-state index in [4.69, 9.17) is 71.1 Å². The van der Waals surface area contributed by atoms with Gasteiger partial charge in [-0.1, -0.05) is 212 Å². The number of nitrogens with one attached hydrogen (secondary N) is 2. The maximum Gasteiger partial charge on any atom is 0.126 e. The maximum atomic E-state index is 7.26. The number of ether oxygens (including phenoxy) is 8. The number of halogens is 2. The van der Waals surface area contributed by atoms with Gasteiger partial charge in [0.2, 0.25) is 0 Å². The van der Waals surface area contributed by atoms with Crippen LogP contribution in [0, 0.1) is 0 Å². The van der Waals surface area contributed by atoms with Crippen molar-refractivity contribution in [1.82, 2.24) is 19.9 Å². The van der Waals surface area contributed by atoms with Crippen molar-refractivity contribution in [3.63, 3.8) is 0 Å². The Morgan fingerprint density at radius 2 is 0.397 bits per heavy atom. The summed E-state index contributed by atoms with van der Waals surface area (Å²) in [5, 5.41) is 1.25. The lowest BCUT2D eigenvalue weighted by atomic mass is 9.89. The molecule has 24 bridgehead atoms. The summed E-state index contributed by atoms with van der Waals surface area (Å²) in [5.41, 5.74) is 30.8. The molecule has 0 saturated heterocycles. The van der Waals surface area contributed by atoms with Gasteiger partial charge >= 0.3 is 0 Å². The van der Waals surface area contributed by atoms with Gasteiger partial charge in [0.05, 0.1) is 75.6 Å². The van der Waals surface area contributed by atoms with Gasteiger partial charge in [-0.2, -0.15) is 0 Å². The second-order valence-corrected chi connectivity index (χ2v) is 34.3. The average molecular weight is 1710 g/mol. The minimum absolute atomic E-state index is 0.493. The standard InChI is InChI=1S/C112H112Cl2N4O8/c1-9-51-119-105-73-23-17-24-74(105)60-78-28-20-32-82(108(78)122-54-12-4)64-88-68-85(67-87(111(88)125-57-15-7)63-81-31-19-27-77(59-73)107(81)121-53-11-3)103-97-47-43-93(115-97)101(71-35-39-91(113)40-36-71)95-45-49-99(117-95)104(100-50-46-96(118-100)102(94-44-48-98(103)116-94)72-37-41-92(114)42-38-72)86-69-89-65-83-33-21-29-79(109(83)123-55-13-5)61-75-25-18-26-76(106(75)120-52-10-2)62-80-30-22-34-84(110(80)124-56-14-6)66-90(70-86)112(89)126-58-16-8/h17-50,67-70,115,118H,9-16,51-66H2,1-8H3. The predicted molar refractivity (Wildman–Crippen MR) is 518 cm³/mol. The van der Waals surface area contributed by atoms with Crippen molar-refractivity contribution in [1.29, 1.82) is 0 Å². The van der Waals surface area contributed by atoms with Crippen LogP contribution in [0.25, 0.3) is 90.9 Å². The second-order valence-electron chi connectivity index (χ2n) is 33.4. The fourth-order valence-electron chi connectivity index (χ4n) is 18.2. The molecule has 4 aliphatic rings. The van der Waals surface area contributed by atoms with Gasteiger partial charge < -0.3 is 47.9 Å². The quantitative estimate of drug-likeness (QED) is 0.0489. The fraction of sp³-hybridized carbons (Fsp3) is 0.286. The Bertz CT molecular complexity index is 5800. The fourth-order valence-corrected chi connectivity index (χ4v) is 18.5. The summed E-state index contributed by atoms with van der Waals surface area (Å²) in [7, 11) is 0. The molecule has 10 aromatic carbocycles. The summed E-state index contributed by atoms with van der Waals surface area (Å²) < 4.78 is 56.4. The number of para-hydroxylation sites is 6. The SMILES string of the molecule is CCCOc1c2cccc1Cc1cccc(c1OCCC)Cc1cc(-c3c4nc(c(-c5ccc(Cl)cc5)c5ccc([nH]5)c(-c5cc6c(OCCC)c(c5)Cc5cccc(c5OCCC)Cc5cccc(c5OCCC)Cc5cccc(c5OCCC)C6)c5nc(c(-c6ccc(Cl)cc6)c6ccc3[nH]6)C=C5)C=C4)cc(c1OCCC)Cc1cccc(c1OCCC)C2. The van der Waals surface area contributed by atoms with Crippen LogP contribution in [-0.4, -0.2) is 72.8 Å². The van der Waals surface area contributed by atoms with Crippen LogP contribution in [0.1, 0.15) is 219 Å². The molecular weight excluding hydrogens is 1600 g/mol. The number of fused-ring (bicyclic) bond motifs is 24. The minimum Gasteiger partial charge on any atom is -0.493 e. The number of H-pyrrole nitrogens is 2. The van der Waals surface area contributed by atoms with Gasteiger partial charge in [0, 0.05) is 106 Å². The van der Waals surface area contributed by atoms with Crippen LogP contribution < -0.4 is 37.9 Å². The van der Waals surface area contributed by atoms with E-state index in [1.165, 1.54) is 0 Å². The van der Waals surface area contributed by atoms with Crippen LogP contribution in [-0.2, 0) is 51.4 Å². The molecule has 126 heavy (non-hydrogen) atoms. The van der Waals surface area contributed by atoms with Gasteiger partial charge in [-0.3, -0.25) is 0 Å². The first-order valence-electron chi connectivity index (χ1n) is 45.6. The smallest absolute Gasteiger partial charge is 0.126 e. The lowest BCUT2D eigenvalue weighted by molar-refractivity contribution is 0.304. The summed E-state index contributed by atoms with van der Waals surface area (Å²) in [6, 6.07) is 74.2. The van der Waals surface area contributed by atoms with E-state index >= 15 is 0 Å². The van der Waals surface area contributed by atoms with Gasteiger partial charge in [0.15, 0.2) is 0 Å². The lowest BCUT2D eigenvalue weighted by Crippen LogP contribution is -2.10. The maximum absolute atomic E-state index is 7.26. The summed E-state index contributed by atoms with van der Waals surface area (Å²) in [5.74, 6) is 7.04. The van der Waals surface area contributed by atoms with Crippen LogP contribution in [0.2, 0.25) is 10.0 Å². The molecular formula is C112H112Cl2N4O8. The molecule has 0 amide bonds. The molecule has 0 atom stereocenters. The molecule has 3 aromatic heterocycles. The molecule has 5 heterocycles. The molecule has 0 fully saturated rings. The molecule has 14 heteroatoms. The van der Waals surface area contributed by atoms with E-state index in [9.17, 15) is 0 Å². The van der Waals surface area contributed by atoms with E-state index in [1.54, 1.807) is 0 Å². The number of hydrogen-bond acceptors (Lipinski definition) is 10. The van der Waals surface area contributed by atoms with Crippen LogP contribution in [0.5, 0.6) is 46.0 Å². The number of nitrogens with zero attached hydrogens (tertiary/aromatic N) is 2. The first kappa shape index (κ1) is 85.9. The molecule has 12 nitrogen and oxygen atoms in total. The minimum atomic E-state index is 0.493. The highest BCUT2D eigenvalue weighted by Crippen LogP contribution is 2.48. The third kappa shape index (κ3) is 18.6. The van der Waals surface area contributed by atoms with Crippen molar-refractivity contribution in [3.05, 3.63) is 328 Å². The summed E-state index contributed by atoms with van der Waals surface area (Å²) in [6.07, 6.45) is 19.8. The highest BCUT2D eigenvalue weighted by molar-refractivity contribution is 6.31. The van der Waals surface area contributed by atoms with Crippen LogP contribution >= 0.6 is 23.2 Å². The normalized spacial score (nSPS) is 12.7. The van der Waals surface area contributed by atoms with Crippen LogP contribution in [0.3, 0.4) is 0 Å². The van der Waals surface area contributed by atoms with Gasteiger partial charge in [-0.15, -0.1) is 0 Å². The molecule has 2 aliphatic heterocycles. The average Bonchev–Trinajstić information content (AvgIpc) is 1.42.